The van der Waals surface area contributed by atoms with E-state index in [1.54, 1.807) is 0 Å². The molecule has 0 heterocycles. The summed E-state index contributed by atoms with van der Waals surface area (Å²) in [4.78, 5) is 0. The van der Waals surface area contributed by atoms with Crippen LogP contribution in [0, 0.1) is 6.92 Å². The Hall–Kier alpha value is -1.18. The first kappa shape index (κ1) is 9.90. The molecule has 0 aromatic heterocycles. The van der Waals surface area contributed by atoms with Gasteiger partial charge in [0.1, 0.15) is 0 Å². The molecule has 1 aromatic rings. The number of anilines is 2. The molecule has 0 aliphatic rings. The molecular formula is C11H16N2. The topological polar surface area (TPSA) is 52.0 Å². The van der Waals surface area contributed by atoms with Crippen molar-refractivity contribution in [2.45, 2.75) is 26.7 Å². The van der Waals surface area contributed by atoms with E-state index in [0.717, 1.165) is 29.7 Å². The van der Waals surface area contributed by atoms with E-state index >= 15 is 0 Å². The first-order chi connectivity index (χ1) is 6.11. The number of aryl methyl sites for hydroxylation is 1. The van der Waals surface area contributed by atoms with Crippen LogP contribution in [0.5, 0.6) is 0 Å². The Bertz CT molecular complexity index is 316. The van der Waals surface area contributed by atoms with E-state index in [4.69, 9.17) is 18.4 Å². The normalized spacial score (nSPS) is 10.4. The highest BCUT2D eigenvalue weighted by molar-refractivity contribution is 5.69. The van der Waals surface area contributed by atoms with Crippen LogP contribution >= 0.6 is 0 Å². The molecule has 2 heteroatoms. The highest BCUT2D eigenvalue weighted by Gasteiger charge is 2.08. The van der Waals surface area contributed by atoms with Crippen LogP contribution < -0.4 is 11.5 Å². The van der Waals surface area contributed by atoms with Gasteiger partial charge in [-0.2, -0.15) is 0 Å². The molecule has 0 fully saturated rings. The van der Waals surface area contributed by atoms with Crippen molar-refractivity contribution in [1.82, 2.24) is 0 Å². The molecule has 4 N–H and O–H groups in total. The van der Waals surface area contributed by atoms with Gasteiger partial charge in [-0.05, 0) is 29.5 Å². The Morgan fingerprint density at radius 3 is 2.23 bits per heavy atom. The van der Waals surface area contributed by atoms with Crippen molar-refractivity contribution in [1.29, 1.82) is 0 Å². The van der Waals surface area contributed by atoms with Crippen molar-refractivity contribution >= 4 is 11.4 Å². The quantitative estimate of drug-likeness (QED) is 0.677. The van der Waals surface area contributed by atoms with Gasteiger partial charge in [-0.3, -0.25) is 0 Å². The van der Waals surface area contributed by atoms with Crippen molar-refractivity contribution < 1.29 is 0 Å². The molecule has 2 radical (unpaired) electrons. The van der Waals surface area contributed by atoms with E-state index < -0.39 is 0 Å². The molecule has 0 amide bonds. The zero-order chi connectivity index (χ0) is 10.0. The van der Waals surface area contributed by atoms with Crippen molar-refractivity contribution in [2.75, 3.05) is 11.5 Å². The van der Waals surface area contributed by atoms with E-state index in [1.807, 2.05) is 13.0 Å². The van der Waals surface area contributed by atoms with E-state index in [-0.39, 0.29) is 0 Å². The lowest BCUT2D eigenvalue weighted by Crippen LogP contribution is -2.05. The van der Waals surface area contributed by atoms with Crippen molar-refractivity contribution in [3.05, 3.63) is 29.7 Å². The number of benzene rings is 1. The average Bonchev–Trinajstić information content (AvgIpc) is 2.12. The van der Waals surface area contributed by atoms with Crippen LogP contribution in [0.4, 0.5) is 11.4 Å². The third-order valence-corrected chi connectivity index (χ3v) is 2.37. The molecule has 0 aliphatic heterocycles. The van der Waals surface area contributed by atoms with Gasteiger partial charge in [0.2, 0.25) is 0 Å². The first-order valence-corrected chi connectivity index (χ1v) is 4.56. The summed E-state index contributed by atoms with van der Waals surface area (Å²) >= 11 is 0. The minimum absolute atomic E-state index is 0.636. The van der Waals surface area contributed by atoms with Gasteiger partial charge in [-0.1, -0.05) is 19.9 Å². The lowest BCUT2D eigenvalue weighted by atomic mass is 9.98. The fourth-order valence-electron chi connectivity index (χ4n) is 1.53. The third kappa shape index (κ3) is 1.62. The first-order valence-electron chi connectivity index (χ1n) is 4.56. The number of hydrogen-bond donors (Lipinski definition) is 2. The van der Waals surface area contributed by atoms with Crippen LogP contribution in [0.3, 0.4) is 0 Å². The summed E-state index contributed by atoms with van der Waals surface area (Å²) in [6, 6.07) is 1.86. The fourth-order valence-corrected chi connectivity index (χ4v) is 1.53. The van der Waals surface area contributed by atoms with Crippen LogP contribution in [-0.4, -0.2) is 0 Å². The second-order valence-electron chi connectivity index (χ2n) is 3.14. The molecule has 0 aliphatic carbocycles. The standard InChI is InChI=1S/C11H16N2/c1-4-8-6-7(3)10(12)9(5-2)11(8)13/h3,6H,4-5,12-13H2,1-2H3. The monoisotopic (exact) mass is 176 g/mol. The van der Waals surface area contributed by atoms with Gasteiger partial charge in [-0.15, -0.1) is 0 Å². The fraction of sp³-hybridized carbons (Fsp3) is 0.364. The number of nitrogens with two attached hydrogens (primary N) is 2. The van der Waals surface area contributed by atoms with Gasteiger partial charge in [0.05, 0.1) is 0 Å². The minimum atomic E-state index is 0.636. The van der Waals surface area contributed by atoms with E-state index in [1.165, 1.54) is 0 Å². The van der Waals surface area contributed by atoms with E-state index in [2.05, 4.69) is 6.92 Å². The highest BCUT2D eigenvalue weighted by Crippen LogP contribution is 2.28. The summed E-state index contributed by atoms with van der Waals surface area (Å²) < 4.78 is 0. The van der Waals surface area contributed by atoms with Crippen molar-refractivity contribution in [3.63, 3.8) is 0 Å². The maximum Gasteiger partial charge on any atom is 0.0403 e. The van der Waals surface area contributed by atoms with Crippen LogP contribution in [-0.2, 0) is 12.8 Å². The van der Waals surface area contributed by atoms with Gasteiger partial charge in [0, 0.05) is 18.3 Å². The zero-order valence-electron chi connectivity index (χ0n) is 8.22. The van der Waals surface area contributed by atoms with Gasteiger partial charge in [-0.25, -0.2) is 0 Å². The van der Waals surface area contributed by atoms with Crippen LogP contribution in [0.2, 0.25) is 0 Å². The van der Waals surface area contributed by atoms with Crippen molar-refractivity contribution in [3.8, 4) is 0 Å². The molecule has 0 atom stereocenters. The van der Waals surface area contributed by atoms with Crippen LogP contribution in [0.1, 0.15) is 30.5 Å². The van der Waals surface area contributed by atoms with Gasteiger partial charge >= 0.3 is 0 Å². The largest absolute Gasteiger partial charge is 0.398 e. The van der Waals surface area contributed by atoms with E-state index in [9.17, 15) is 0 Å². The molecule has 13 heavy (non-hydrogen) atoms. The van der Waals surface area contributed by atoms with Crippen molar-refractivity contribution in [2.24, 2.45) is 0 Å². The average molecular weight is 176 g/mol. The Balaban J connectivity index is 3.39. The summed E-state index contributed by atoms with van der Waals surface area (Å²) in [5.41, 5.74) is 15.9. The van der Waals surface area contributed by atoms with Gasteiger partial charge in [0.15, 0.2) is 0 Å². The van der Waals surface area contributed by atoms with Crippen LogP contribution in [0.15, 0.2) is 6.07 Å². The lowest BCUT2D eigenvalue weighted by molar-refractivity contribution is 1.09. The molecule has 0 spiro atoms. The molecule has 1 aromatic carbocycles. The number of hydrogen-bond acceptors (Lipinski definition) is 2. The smallest absolute Gasteiger partial charge is 0.0403 e. The highest BCUT2D eigenvalue weighted by atomic mass is 14.6. The third-order valence-electron chi connectivity index (χ3n) is 2.37. The Morgan fingerprint density at radius 2 is 1.77 bits per heavy atom. The molecule has 2 nitrogen and oxygen atoms in total. The molecular weight excluding hydrogens is 160 g/mol. The SMILES string of the molecule is [CH]c1cc(CC)c(N)c(CC)c1N. The van der Waals surface area contributed by atoms with Crippen LogP contribution in [0.25, 0.3) is 0 Å². The number of rotatable bonds is 2. The molecule has 0 saturated heterocycles. The Morgan fingerprint density at radius 1 is 1.15 bits per heavy atom. The van der Waals surface area contributed by atoms with Gasteiger partial charge in [0.25, 0.3) is 0 Å². The zero-order valence-corrected chi connectivity index (χ0v) is 8.22. The summed E-state index contributed by atoms with van der Waals surface area (Å²) in [7, 11) is 0. The molecule has 0 saturated carbocycles. The summed E-state index contributed by atoms with van der Waals surface area (Å²) in [5.74, 6) is 0. The maximum atomic E-state index is 5.94. The minimum Gasteiger partial charge on any atom is -0.398 e. The van der Waals surface area contributed by atoms with E-state index in [0.29, 0.717) is 11.3 Å². The molecule has 70 valence electrons. The number of nitrogen functional groups attached to an aromatic ring is 2. The Kier molecular flexibility index (Phi) is 2.81. The molecule has 0 bridgehead atoms. The maximum absolute atomic E-state index is 5.94. The second-order valence-corrected chi connectivity index (χ2v) is 3.14. The summed E-state index contributed by atoms with van der Waals surface area (Å²) in [6.45, 7) is 9.85. The second kappa shape index (κ2) is 3.69. The summed E-state index contributed by atoms with van der Waals surface area (Å²) in [5, 5.41) is 0. The Labute approximate surface area is 79.9 Å². The lowest BCUT2D eigenvalue weighted by Gasteiger charge is -2.13. The summed E-state index contributed by atoms with van der Waals surface area (Å²) in [6.07, 6.45) is 1.72. The van der Waals surface area contributed by atoms with Gasteiger partial charge < -0.3 is 11.5 Å². The predicted molar refractivity (Wildman–Crippen MR) is 57.4 cm³/mol. The predicted octanol–water partition coefficient (Wildman–Crippen LogP) is 2.03. The molecule has 0 unspecified atom stereocenters. The molecule has 1 rings (SSSR count).